The number of hydrogen-bond acceptors (Lipinski definition) is 4. The van der Waals surface area contributed by atoms with Gasteiger partial charge in [-0.3, -0.25) is 9.67 Å². The number of thiazole rings is 1. The molecule has 2 heterocycles. The van der Waals surface area contributed by atoms with Gasteiger partial charge in [-0.25, -0.2) is 4.98 Å². The van der Waals surface area contributed by atoms with Gasteiger partial charge in [0.25, 0.3) is 0 Å². The molecule has 0 spiro atoms. The average molecular weight is 434 g/mol. The third-order valence-corrected chi connectivity index (χ3v) is 4.19. The van der Waals surface area contributed by atoms with Crippen LogP contribution in [0.3, 0.4) is 0 Å². The van der Waals surface area contributed by atoms with Crippen molar-refractivity contribution in [3.63, 3.8) is 0 Å². The molecule has 0 fully saturated rings. The van der Waals surface area contributed by atoms with Crippen LogP contribution in [0.5, 0.6) is 0 Å². The van der Waals surface area contributed by atoms with Crippen molar-refractivity contribution < 1.29 is 0 Å². The highest BCUT2D eigenvalue weighted by Crippen LogP contribution is 2.12. The van der Waals surface area contributed by atoms with E-state index in [1.807, 2.05) is 30.3 Å². The summed E-state index contributed by atoms with van der Waals surface area (Å²) in [5.41, 5.74) is 1.22. The summed E-state index contributed by atoms with van der Waals surface area (Å²) < 4.78 is 1.82. The van der Waals surface area contributed by atoms with Gasteiger partial charge in [0.2, 0.25) is 0 Å². The van der Waals surface area contributed by atoms with E-state index in [0.29, 0.717) is 6.54 Å². The third kappa shape index (κ3) is 5.91. The zero-order chi connectivity index (χ0) is 15.1. The molecule has 2 rings (SSSR count). The van der Waals surface area contributed by atoms with Crippen LogP contribution in [0.2, 0.25) is 0 Å². The van der Waals surface area contributed by atoms with Gasteiger partial charge in [0.05, 0.1) is 12.7 Å². The van der Waals surface area contributed by atoms with Crippen LogP contribution in [0, 0.1) is 0 Å². The van der Waals surface area contributed by atoms with E-state index in [1.165, 1.54) is 10.4 Å². The largest absolute Gasteiger partial charge is 0.356 e. The first-order valence-corrected chi connectivity index (χ1v) is 7.88. The van der Waals surface area contributed by atoms with Crippen LogP contribution >= 0.6 is 35.3 Å². The van der Waals surface area contributed by atoms with Gasteiger partial charge in [-0.2, -0.15) is 5.10 Å². The summed E-state index contributed by atoms with van der Waals surface area (Å²) in [6.07, 6.45) is 7.82. The molecule has 0 unspecified atom stereocenters. The zero-order valence-corrected chi connectivity index (χ0v) is 16.3. The molecule has 0 aliphatic carbocycles. The maximum absolute atomic E-state index is 4.39. The van der Waals surface area contributed by atoms with Crippen LogP contribution in [-0.2, 0) is 26.4 Å². The Kier molecular flexibility index (Phi) is 8.39. The summed E-state index contributed by atoms with van der Waals surface area (Å²) in [6.45, 7) is 3.67. The van der Waals surface area contributed by atoms with Crippen LogP contribution in [0.25, 0.3) is 0 Å². The van der Waals surface area contributed by atoms with E-state index in [-0.39, 0.29) is 24.0 Å². The number of nitrogens with one attached hydrogen (secondary N) is 2. The van der Waals surface area contributed by atoms with Crippen LogP contribution in [0.1, 0.15) is 22.4 Å². The second-order valence-corrected chi connectivity index (χ2v) is 5.90. The van der Waals surface area contributed by atoms with Crippen molar-refractivity contribution in [2.75, 3.05) is 13.6 Å². The number of guanidine groups is 1. The van der Waals surface area contributed by atoms with Crippen LogP contribution < -0.4 is 10.6 Å². The maximum Gasteiger partial charge on any atom is 0.191 e. The number of hydrogen-bond donors (Lipinski definition) is 2. The van der Waals surface area contributed by atoms with E-state index < -0.39 is 0 Å². The number of halogens is 1. The quantitative estimate of drug-likeness (QED) is 0.415. The summed E-state index contributed by atoms with van der Waals surface area (Å²) in [7, 11) is 3.70. The summed E-state index contributed by atoms with van der Waals surface area (Å²) in [5.74, 6) is 0.798. The predicted molar refractivity (Wildman–Crippen MR) is 102 cm³/mol. The first-order chi connectivity index (χ1) is 10.2. The monoisotopic (exact) mass is 434 g/mol. The first-order valence-electron chi connectivity index (χ1n) is 7.07. The minimum atomic E-state index is 0. The molecule has 2 aromatic heterocycles. The Balaban J connectivity index is 0.00000242. The van der Waals surface area contributed by atoms with Gasteiger partial charge in [-0.1, -0.05) is 6.92 Å². The standard InChI is InChI=1S/C14H22N6S.HI/c1-4-12-8-17-13(21-12)9-18-14(15-2)16-6-5-11-7-19-20(3)10-11;/h7-8,10H,4-6,9H2,1-3H3,(H2,15,16,18);1H. The average Bonchev–Trinajstić information content (AvgIpc) is 3.11. The molecule has 0 aliphatic heterocycles. The van der Waals surface area contributed by atoms with E-state index >= 15 is 0 Å². The van der Waals surface area contributed by atoms with E-state index in [1.54, 1.807) is 18.4 Å². The molecule has 0 amide bonds. The molecule has 6 nitrogen and oxygen atoms in total. The summed E-state index contributed by atoms with van der Waals surface area (Å²) in [4.78, 5) is 9.91. The Morgan fingerprint density at radius 1 is 1.36 bits per heavy atom. The van der Waals surface area contributed by atoms with Gasteiger partial charge in [0.15, 0.2) is 5.96 Å². The van der Waals surface area contributed by atoms with Crippen LogP contribution in [0.15, 0.2) is 23.6 Å². The normalized spacial score (nSPS) is 11.1. The number of nitrogens with zero attached hydrogens (tertiary/aromatic N) is 4. The van der Waals surface area contributed by atoms with E-state index in [0.717, 1.165) is 30.4 Å². The topological polar surface area (TPSA) is 67.1 Å². The maximum atomic E-state index is 4.39. The Hall–Kier alpha value is -1.16. The number of aliphatic imine (C=N–C) groups is 1. The summed E-state index contributed by atoms with van der Waals surface area (Å²) in [6, 6.07) is 0. The summed E-state index contributed by atoms with van der Waals surface area (Å²) in [5, 5.41) is 11.8. The SMILES string of the molecule is CCc1cnc(CNC(=NC)NCCc2cnn(C)c2)s1.I. The fraction of sp³-hybridized carbons (Fsp3) is 0.500. The molecule has 0 aromatic carbocycles. The first kappa shape index (κ1) is 18.9. The smallest absolute Gasteiger partial charge is 0.191 e. The molecule has 0 aliphatic rings. The Morgan fingerprint density at radius 2 is 2.18 bits per heavy atom. The van der Waals surface area contributed by atoms with Crippen molar-refractivity contribution in [1.29, 1.82) is 0 Å². The highest BCUT2D eigenvalue weighted by Gasteiger charge is 2.03. The molecule has 2 aromatic rings. The highest BCUT2D eigenvalue weighted by molar-refractivity contribution is 14.0. The van der Waals surface area contributed by atoms with Gasteiger partial charge < -0.3 is 10.6 Å². The predicted octanol–water partition coefficient (Wildman–Crippen LogP) is 1.96. The second-order valence-electron chi connectivity index (χ2n) is 4.70. The van der Waals surface area contributed by atoms with Crippen molar-refractivity contribution in [2.24, 2.45) is 12.0 Å². The zero-order valence-electron chi connectivity index (χ0n) is 13.2. The Labute approximate surface area is 152 Å². The van der Waals surface area contributed by atoms with Crippen molar-refractivity contribution in [2.45, 2.75) is 26.3 Å². The van der Waals surface area contributed by atoms with E-state index in [4.69, 9.17) is 0 Å². The fourth-order valence-electron chi connectivity index (χ4n) is 1.90. The Morgan fingerprint density at radius 3 is 2.77 bits per heavy atom. The number of aromatic nitrogens is 3. The lowest BCUT2D eigenvalue weighted by atomic mass is 10.2. The lowest BCUT2D eigenvalue weighted by Crippen LogP contribution is -2.37. The van der Waals surface area contributed by atoms with Crippen molar-refractivity contribution in [1.82, 2.24) is 25.4 Å². The van der Waals surface area contributed by atoms with Crippen molar-refractivity contribution in [3.8, 4) is 0 Å². The van der Waals surface area contributed by atoms with Crippen LogP contribution in [-0.4, -0.2) is 34.3 Å². The van der Waals surface area contributed by atoms with Crippen molar-refractivity contribution >= 4 is 41.3 Å². The molecule has 0 saturated carbocycles. The number of rotatable bonds is 6. The third-order valence-electron chi connectivity index (χ3n) is 3.05. The van der Waals surface area contributed by atoms with Gasteiger partial charge in [-0.05, 0) is 18.4 Å². The van der Waals surface area contributed by atoms with E-state index in [9.17, 15) is 0 Å². The van der Waals surface area contributed by atoms with Crippen molar-refractivity contribution in [3.05, 3.63) is 34.0 Å². The molecule has 2 N–H and O–H groups in total. The molecule has 0 atom stereocenters. The fourth-order valence-corrected chi connectivity index (χ4v) is 2.70. The van der Waals surface area contributed by atoms with Gasteiger partial charge >= 0.3 is 0 Å². The minimum Gasteiger partial charge on any atom is -0.356 e. The molecular weight excluding hydrogens is 411 g/mol. The van der Waals surface area contributed by atoms with Crippen LogP contribution in [0.4, 0.5) is 0 Å². The van der Waals surface area contributed by atoms with E-state index in [2.05, 4.69) is 32.6 Å². The highest BCUT2D eigenvalue weighted by atomic mass is 127. The Bertz CT molecular complexity index is 592. The molecule has 0 saturated heterocycles. The molecule has 8 heteroatoms. The second kappa shape index (κ2) is 9.78. The van der Waals surface area contributed by atoms with Gasteiger partial charge in [-0.15, -0.1) is 35.3 Å². The van der Waals surface area contributed by atoms with Gasteiger partial charge in [0, 0.05) is 37.9 Å². The molecule has 22 heavy (non-hydrogen) atoms. The summed E-state index contributed by atoms with van der Waals surface area (Å²) >= 11 is 1.74. The molecule has 122 valence electrons. The number of aryl methyl sites for hydroxylation is 2. The lowest BCUT2D eigenvalue weighted by Gasteiger charge is -2.10. The minimum absolute atomic E-state index is 0. The lowest BCUT2D eigenvalue weighted by molar-refractivity contribution is 0.764. The molecular formula is C14H23IN6S. The molecule has 0 radical (unpaired) electrons. The molecule has 0 bridgehead atoms. The van der Waals surface area contributed by atoms with Gasteiger partial charge in [0.1, 0.15) is 5.01 Å².